The molecule has 3 aromatic rings. The van der Waals surface area contributed by atoms with E-state index < -0.39 is 0 Å². The molecule has 1 aromatic carbocycles. The fourth-order valence-corrected chi connectivity index (χ4v) is 3.02. The number of methoxy groups -OCH3 is 2. The molecule has 0 aliphatic carbocycles. The molecule has 0 saturated heterocycles. The van der Waals surface area contributed by atoms with Crippen molar-refractivity contribution in [2.24, 2.45) is 0 Å². The van der Waals surface area contributed by atoms with Gasteiger partial charge in [-0.25, -0.2) is 4.98 Å². The van der Waals surface area contributed by atoms with Crippen molar-refractivity contribution in [3.8, 4) is 22.8 Å². The van der Waals surface area contributed by atoms with Gasteiger partial charge in [-0.05, 0) is 52.7 Å². The minimum Gasteiger partial charge on any atom is -0.493 e. The van der Waals surface area contributed by atoms with Crippen molar-refractivity contribution in [1.82, 2.24) is 9.38 Å². The lowest BCUT2D eigenvalue weighted by atomic mass is 10.1. The highest BCUT2D eigenvalue weighted by Crippen LogP contribution is 2.31. The molecule has 0 fully saturated rings. The van der Waals surface area contributed by atoms with Gasteiger partial charge in [0.25, 0.3) is 5.56 Å². The molecule has 2 aromatic heterocycles. The first-order valence-corrected chi connectivity index (χ1v) is 7.74. The number of benzene rings is 1. The number of halogens is 1. The SMILES string of the molecule is COc1ccc(-c2cc(=O)n3cc(Br)cc(C)c3n2)cc1OC. The molecule has 0 aliphatic heterocycles. The first-order chi connectivity index (χ1) is 11.0. The van der Waals surface area contributed by atoms with Crippen LogP contribution in [0.2, 0.25) is 0 Å². The van der Waals surface area contributed by atoms with Crippen LogP contribution in [0.5, 0.6) is 11.5 Å². The Hall–Kier alpha value is -2.34. The van der Waals surface area contributed by atoms with Crippen LogP contribution >= 0.6 is 15.9 Å². The molecule has 0 aliphatic rings. The summed E-state index contributed by atoms with van der Waals surface area (Å²) in [5.41, 5.74) is 2.81. The molecule has 23 heavy (non-hydrogen) atoms. The Kier molecular flexibility index (Phi) is 4.09. The van der Waals surface area contributed by atoms with E-state index in [1.165, 1.54) is 10.5 Å². The predicted octanol–water partition coefficient (Wildman–Crippen LogP) is 3.45. The summed E-state index contributed by atoms with van der Waals surface area (Å²) in [5, 5.41) is 0. The van der Waals surface area contributed by atoms with Gasteiger partial charge in [-0.2, -0.15) is 0 Å². The number of nitrogens with zero attached hydrogens (tertiary/aromatic N) is 2. The highest BCUT2D eigenvalue weighted by Gasteiger charge is 2.11. The van der Waals surface area contributed by atoms with Gasteiger partial charge in [0.2, 0.25) is 0 Å². The third-order valence-corrected chi connectivity index (χ3v) is 4.02. The average molecular weight is 375 g/mol. The third-order valence-electron chi connectivity index (χ3n) is 3.59. The molecule has 6 heteroatoms. The Morgan fingerprint density at radius 1 is 1.09 bits per heavy atom. The maximum atomic E-state index is 12.4. The summed E-state index contributed by atoms with van der Waals surface area (Å²) in [7, 11) is 3.16. The molecule has 0 saturated carbocycles. The van der Waals surface area contributed by atoms with Crippen molar-refractivity contribution in [1.29, 1.82) is 0 Å². The summed E-state index contributed by atoms with van der Waals surface area (Å²) in [6.45, 7) is 1.92. The molecule has 118 valence electrons. The molecular weight excluding hydrogens is 360 g/mol. The number of rotatable bonds is 3. The number of hydrogen-bond acceptors (Lipinski definition) is 4. The molecule has 2 heterocycles. The molecule has 0 N–H and O–H groups in total. The zero-order chi connectivity index (χ0) is 16.6. The minimum absolute atomic E-state index is 0.135. The van der Waals surface area contributed by atoms with Crippen LogP contribution in [0.15, 0.2) is 45.8 Å². The van der Waals surface area contributed by atoms with Crippen LogP contribution in [0.3, 0.4) is 0 Å². The summed E-state index contributed by atoms with van der Waals surface area (Å²) in [5.74, 6) is 1.23. The van der Waals surface area contributed by atoms with Crippen LogP contribution in [0.25, 0.3) is 16.9 Å². The fraction of sp³-hybridized carbons (Fsp3) is 0.176. The van der Waals surface area contributed by atoms with Crippen molar-refractivity contribution >= 4 is 21.6 Å². The molecular formula is C17H15BrN2O3. The minimum atomic E-state index is -0.135. The van der Waals surface area contributed by atoms with E-state index in [0.717, 1.165) is 15.6 Å². The van der Waals surface area contributed by atoms with E-state index in [2.05, 4.69) is 20.9 Å². The Bertz CT molecular complexity index is 950. The van der Waals surface area contributed by atoms with Gasteiger partial charge in [0.15, 0.2) is 11.5 Å². The third kappa shape index (κ3) is 2.82. The van der Waals surface area contributed by atoms with Gasteiger partial charge in [-0.1, -0.05) is 0 Å². The van der Waals surface area contributed by atoms with E-state index in [4.69, 9.17) is 9.47 Å². The zero-order valence-electron chi connectivity index (χ0n) is 13.0. The Balaban J connectivity index is 2.23. The standard InChI is InChI=1S/C17H15BrN2O3/c1-10-6-12(18)9-20-16(21)8-13(19-17(10)20)11-4-5-14(22-2)15(7-11)23-3/h4-9H,1-3H3. The Morgan fingerprint density at radius 3 is 2.52 bits per heavy atom. The summed E-state index contributed by atoms with van der Waals surface area (Å²) in [6, 6.07) is 8.91. The van der Waals surface area contributed by atoms with Gasteiger partial charge in [0, 0.05) is 22.3 Å². The molecule has 0 amide bonds. The quantitative estimate of drug-likeness (QED) is 0.704. The lowest BCUT2D eigenvalue weighted by Gasteiger charge is -2.10. The van der Waals surface area contributed by atoms with Crippen molar-refractivity contribution in [2.45, 2.75) is 6.92 Å². The number of ether oxygens (including phenoxy) is 2. The second kappa shape index (κ2) is 6.04. The molecule has 0 atom stereocenters. The van der Waals surface area contributed by atoms with E-state index in [-0.39, 0.29) is 5.56 Å². The maximum Gasteiger partial charge on any atom is 0.258 e. The van der Waals surface area contributed by atoms with Gasteiger partial charge in [-0.15, -0.1) is 0 Å². The monoisotopic (exact) mass is 374 g/mol. The van der Waals surface area contributed by atoms with E-state index in [1.54, 1.807) is 26.5 Å². The second-order valence-corrected chi connectivity index (χ2v) is 6.00. The number of hydrogen-bond donors (Lipinski definition) is 0. The fourth-order valence-electron chi connectivity index (χ4n) is 2.47. The molecule has 0 unspecified atom stereocenters. The summed E-state index contributed by atoms with van der Waals surface area (Å²) in [6.07, 6.45) is 1.72. The molecule has 5 nitrogen and oxygen atoms in total. The number of fused-ring (bicyclic) bond motifs is 1. The molecule has 0 bridgehead atoms. The lowest BCUT2D eigenvalue weighted by Crippen LogP contribution is -2.15. The Morgan fingerprint density at radius 2 is 1.83 bits per heavy atom. The summed E-state index contributed by atoms with van der Waals surface area (Å²) < 4.78 is 12.9. The van der Waals surface area contributed by atoms with E-state index in [9.17, 15) is 4.79 Å². The summed E-state index contributed by atoms with van der Waals surface area (Å²) >= 11 is 3.40. The number of aromatic nitrogens is 2. The summed E-state index contributed by atoms with van der Waals surface area (Å²) in [4.78, 5) is 17.0. The van der Waals surface area contributed by atoms with Gasteiger partial charge >= 0.3 is 0 Å². The molecule has 0 radical (unpaired) electrons. The van der Waals surface area contributed by atoms with Gasteiger partial charge < -0.3 is 9.47 Å². The van der Waals surface area contributed by atoms with Crippen molar-refractivity contribution in [3.05, 3.63) is 56.9 Å². The van der Waals surface area contributed by atoms with Gasteiger partial charge in [-0.3, -0.25) is 9.20 Å². The van der Waals surface area contributed by atoms with Crippen LogP contribution in [0.1, 0.15) is 5.56 Å². The van der Waals surface area contributed by atoms with E-state index >= 15 is 0 Å². The van der Waals surface area contributed by atoms with Crippen LogP contribution in [0, 0.1) is 6.92 Å². The second-order valence-electron chi connectivity index (χ2n) is 5.08. The van der Waals surface area contributed by atoms with Crippen LogP contribution in [-0.4, -0.2) is 23.6 Å². The predicted molar refractivity (Wildman–Crippen MR) is 92.4 cm³/mol. The topological polar surface area (TPSA) is 52.8 Å². The molecule has 0 spiro atoms. The Labute approximate surface area is 141 Å². The van der Waals surface area contributed by atoms with E-state index in [1.807, 2.05) is 25.1 Å². The average Bonchev–Trinajstić information content (AvgIpc) is 2.55. The number of aryl methyl sites for hydroxylation is 1. The van der Waals surface area contributed by atoms with Crippen molar-refractivity contribution in [3.63, 3.8) is 0 Å². The van der Waals surface area contributed by atoms with Crippen LogP contribution in [-0.2, 0) is 0 Å². The van der Waals surface area contributed by atoms with Gasteiger partial charge in [0.1, 0.15) is 5.65 Å². The first kappa shape index (κ1) is 15.6. The van der Waals surface area contributed by atoms with Crippen molar-refractivity contribution in [2.75, 3.05) is 14.2 Å². The van der Waals surface area contributed by atoms with Crippen molar-refractivity contribution < 1.29 is 9.47 Å². The zero-order valence-corrected chi connectivity index (χ0v) is 14.5. The lowest BCUT2D eigenvalue weighted by molar-refractivity contribution is 0.355. The first-order valence-electron chi connectivity index (χ1n) is 6.95. The largest absolute Gasteiger partial charge is 0.493 e. The van der Waals surface area contributed by atoms with E-state index in [0.29, 0.717) is 22.8 Å². The highest BCUT2D eigenvalue weighted by atomic mass is 79.9. The highest BCUT2D eigenvalue weighted by molar-refractivity contribution is 9.10. The van der Waals surface area contributed by atoms with Crippen LogP contribution < -0.4 is 15.0 Å². The molecule has 3 rings (SSSR count). The number of pyridine rings is 1. The smallest absolute Gasteiger partial charge is 0.258 e. The maximum absolute atomic E-state index is 12.4. The van der Waals surface area contributed by atoms with Crippen LogP contribution in [0.4, 0.5) is 0 Å². The van der Waals surface area contributed by atoms with Gasteiger partial charge in [0.05, 0.1) is 19.9 Å². The normalized spacial score (nSPS) is 10.8.